The lowest BCUT2D eigenvalue weighted by Gasteiger charge is -2.07. The van der Waals surface area contributed by atoms with Gasteiger partial charge in [-0.1, -0.05) is 6.07 Å². The van der Waals surface area contributed by atoms with E-state index in [9.17, 15) is 0 Å². The van der Waals surface area contributed by atoms with Crippen LogP contribution in [0.25, 0.3) is 0 Å². The van der Waals surface area contributed by atoms with Crippen molar-refractivity contribution in [2.24, 2.45) is 5.73 Å². The van der Waals surface area contributed by atoms with Gasteiger partial charge in [0.05, 0.1) is 6.10 Å². The smallest absolute Gasteiger partial charge is 0.120 e. The van der Waals surface area contributed by atoms with E-state index in [2.05, 4.69) is 13.0 Å². The molecule has 0 heterocycles. The Labute approximate surface area is 78.7 Å². The molecule has 1 aliphatic rings. The maximum atomic E-state index is 5.66. The molecule has 0 unspecified atom stereocenters. The molecule has 0 aliphatic heterocycles. The Morgan fingerprint density at radius 3 is 2.77 bits per heavy atom. The Kier molecular flexibility index (Phi) is 2.23. The number of hydrogen-bond donors (Lipinski definition) is 1. The summed E-state index contributed by atoms with van der Waals surface area (Å²) in [4.78, 5) is 0. The second kappa shape index (κ2) is 3.38. The molecule has 1 aromatic rings. The maximum absolute atomic E-state index is 5.66. The van der Waals surface area contributed by atoms with E-state index in [1.807, 2.05) is 12.1 Å². The fraction of sp³-hybridized carbons (Fsp3) is 0.455. The molecule has 0 atom stereocenters. The zero-order valence-electron chi connectivity index (χ0n) is 7.92. The molecule has 13 heavy (non-hydrogen) atoms. The predicted molar refractivity (Wildman–Crippen MR) is 52.7 cm³/mol. The minimum absolute atomic E-state index is 0.475. The van der Waals surface area contributed by atoms with Crippen LogP contribution in [0.4, 0.5) is 0 Å². The Bertz CT molecular complexity index is 305. The summed E-state index contributed by atoms with van der Waals surface area (Å²) >= 11 is 0. The molecular formula is C11H15NO. The molecule has 0 saturated heterocycles. The van der Waals surface area contributed by atoms with Gasteiger partial charge in [0.15, 0.2) is 0 Å². The molecule has 0 bridgehead atoms. The molecule has 2 nitrogen and oxygen atoms in total. The molecule has 1 fully saturated rings. The molecule has 2 rings (SSSR count). The summed E-state index contributed by atoms with van der Waals surface area (Å²) in [5.74, 6) is 0.984. The van der Waals surface area contributed by atoms with E-state index in [1.165, 1.54) is 24.0 Å². The van der Waals surface area contributed by atoms with Crippen molar-refractivity contribution in [1.82, 2.24) is 0 Å². The number of hydrogen-bond acceptors (Lipinski definition) is 2. The Morgan fingerprint density at radius 1 is 1.46 bits per heavy atom. The molecule has 2 N–H and O–H groups in total. The van der Waals surface area contributed by atoms with Crippen LogP contribution in [0.2, 0.25) is 0 Å². The maximum Gasteiger partial charge on any atom is 0.120 e. The van der Waals surface area contributed by atoms with Gasteiger partial charge in [0.25, 0.3) is 0 Å². The largest absolute Gasteiger partial charge is 0.490 e. The number of benzene rings is 1. The summed E-state index contributed by atoms with van der Waals surface area (Å²) < 4.78 is 5.66. The topological polar surface area (TPSA) is 35.2 Å². The number of ether oxygens (including phenoxy) is 1. The number of nitrogens with two attached hydrogens (primary N) is 1. The highest BCUT2D eigenvalue weighted by atomic mass is 16.5. The zero-order chi connectivity index (χ0) is 9.26. The van der Waals surface area contributed by atoms with Crippen LogP contribution in [0.3, 0.4) is 0 Å². The van der Waals surface area contributed by atoms with E-state index in [0.717, 1.165) is 5.75 Å². The van der Waals surface area contributed by atoms with Crippen LogP contribution in [-0.4, -0.2) is 6.10 Å². The summed E-state index contributed by atoms with van der Waals surface area (Å²) in [5, 5.41) is 0. The molecule has 0 radical (unpaired) electrons. The monoisotopic (exact) mass is 177 g/mol. The van der Waals surface area contributed by atoms with Gasteiger partial charge in [0.2, 0.25) is 0 Å². The molecule has 0 spiro atoms. The van der Waals surface area contributed by atoms with E-state index in [4.69, 9.17) is 10.5 Å². The normalized spacial score (nSPS) is 15.8. The zero-order valence-corrected chi connectivity index (χ0v) is 7.92. The van der Waals surface area contributed by atoms with Crippen molar-refractivity contribution in [3.05, 3.63) is 29.3 Å². The molecular weight excluding hydrogens is 162 g/mol. The molecule has 1 saturated carbocycles. The van der Waals surface area contributed by atoms with Crippen molar-refractivity contribution >= 4 is 0 Å². The lowest BCUT2D eigenvalue weighted by Crippen LogP contribution is -2.01. The third-order valence-electron chi connectivity index (χ3n) is 2.36. The van der Waals surface area contributed by atoms with Crippen LogP contribution in [0.15, 0.2) is 18.2 Å². The van der Waals surface area contributed by atoms with E-state index < -0.39 is 0 Å². The first-order chi connectivity index (χ1) is 6.29. The summed E-state index contributed by atoms with van der Waals surface area (Å²) in [6.07, 6.45) is 2.89. The molecule has 1 aliphatic carbocycles. The first kappa shape index (κ1) is 8.57. The second-order valence-corrected chi connectivity index (χ2v) is 3.61. The molecule has 2 heteroatoms. The minimum Gasteiger partial charge on any atom is -0.490 e. The Hall–Kier alpha value is -1.02. The van der Waals surface area contributed by atoms with Crippen LogP contribution in [0, 0.1) is 6.92 Å². The van der Waals surface area contributed by atoms with Gasteiger partial charge in [0, 0.05) is 6.54 Å². The van der Waals surface area contributed by atoms with Gasteiger partial charge in [-0.2, -0.15) is 0 Å². The minimum atomic E-state index is 0.475. The van der Waals surface area contributed by atoms with Gasteiger partial charge in [0.1, 0.15) is 5.75 Å². The van der Waals surface area contributed by atoms with Crippen molar-refractivity contribution in [3.8, 4) is 5.75 Å². The first-order valence-corrected chi connectivity index (χ1v) is 4.76. The van der Waals surface area contributed by atoms with Crippen LogP contribution in [0.5, 0.6) is 5.75 Å². The molecule has 0 amide bonds. The van der Waals surface area contributed by atoms with Crippen LogP contribution < -0.4 is 10.5 Å². The van der Waals surface area contributed by atoms with Crippen LogP contribution >= 0.6 is 0 Å². The van der Waals surface area contributed by atoms with E-state index in [1.54, 1.807) is 0 Å². The summed E-state index contributed by atoms with van der Waals surface area (Å²) in [7, 11) is 0. The highest BCUT2D eigenvalue weighted by molar-refractivity contribution is 5.34. The van der Waals surface area contributed by atoms with Crippen LogP contribution in [0.1, 0.15) is 24.0 Å². The lowest BCUT2D eigenvalue weighted by atomic mass is 10.1. The van der Waals surface area contributed by atoms with Crippen molar-refractivity contribution in [3.63, 3.8) is 0 Å². The van der Waals surface area contributed by atoms with E-state index >= 15 is 0 Å². The summed E-state index contributed by atoms with van der Waals surface area (Å²) in [5.41, 5.74) is 7.99. The third kappa shape index (κ3) is 2.01. The van der Waals surface area contributed by atoms with Crippen LogP contribution in [-0.2, 0) is 6.54 Å². The molecule has 0 aromatic heterocycles. The predicted octanol–water partition coefficient (Wildman–Crippen LogP) is 1.99. The third-order valence-corrected chi connectivity index (χ3v) is 2.36. The second-order valence-electron chi connectivity index (χ2n) is 3.61. The number of rotatable bonds is 3. The van der Waals surface area contributed by atoms with Gasteiger partial charge in [-0.25, -0.2) is 0 Å². The quantitative estimate of drug-likeness (QED) is 0.766. The summed E-state index contributed by atoms with van der Waals surface area (Å²) in [6, 6.07) is 6.13. The van der Waals surface area contributed by atoms with Crippen molar-refractivity contribution in [2.45, 2.75) is 32.4 Å². The van der Waals surface area contributed by atoms with Gasteiger partial charge in [-0.05, 0) is 43.0 Å². The summed E-state index contributed by atoms with van der Waals surface area (Å²) in [6.45, 7) is 2.68. The highest BCUT2D eigenvalue weighted by Gasteiger charge is 2.23. The first-order valence-electron chi connectivity index (χ1n) is 4.76. The highest BCUT2D eigenvalue weighted by Crippen LogP contribution is 2.27. The average Bonchev–Trinajstić information content (AvgIpc) is 2.89. The van der Waals surface area contributed by atoms with Crippen molar-refractivity contribution < 1.29 is 4.74 Å². The molecule has 1 aromatic carbocycles. The fourth-order valence-electron chi connectivity index (χ4n) is 1.35. The Morgan fingerprint density at radius 2 is 2.23 bits per heavy atom. The van der Waals surface area contributed by atoms with E-state index in [-0.39, 0.29) is 0 Å². The van der Waals surface area contributed by atoms with Crippen molar-refractivity contribution in [2.75, 3.05) is 0 Å². The van der Waals surface area contributed by atoms with Gasteiger partial charge in [-0.15, -0.1) is 0 Å². The number of aryl methyl sites for hydroxylation is 1. The SMILES string of the molecule is Cc1cc(OC2CC2)ccc1CN. The Balaban J connectivity index is 2.13. The average molecular weight is 177 g/mol. The molecule has 70 valence electrons. The van der Waals surface area contributed by atoms with Gasteiger partial charge >= 0.3 is 0 Å². The standard InChI is InChI=1S/C11H15NO/c1-8-6-11(13-10-4-5-10)3-2-9(8)7-12/h2-3,6,10H,4-5,7,12H2,1H3. The van der Waals surface area contributed by atoms with Gasteiger partial charge in [-0.3, -0.25) is 0 Å². The van der Waals surface area contributed by atoms with E-state index in [0.29, 0.717) is 12.6 Å². The lowest BCUT2D eigenvalue weighted by molar-refractivity contribution is 0.303. The van der Waals surface area contributed by atoms with Gasteiger partial charge < -0.3 is 10.5 Å². The fourth-order valence-corrected chi connectivity index (χ4v) is 1.35. The van der Waals surface area contributed by atoms with Crippen molar-refractivity contribution in [1.29, 1.82) is 0 Å².